The highest BCUT2D eigenvalue weighted by Crippen LogP contribution is 2.41. The molecule has 0 spiro atoms. The largest absolute Gasteiger partial charge is 0.303 e. The van der Waals surface area contributed by atoms with Gasteiger partial charge in [0, 0.05) is 6.42 Å². The van der Waals surface area contributed by atoms with E-state index in [1.807, 2.05) is 0 Å². The third-order valence-corrected chi connectivity index (χ3v) is 7.23. The Morgan fingerprint density at radius 3 is 2.73 bits per heavy atom. The predicted octanol–water partition coefficient (Wildman–Crippen LogP) is 2.46. The van der Waals surface area contributed by atoms with Crippen LogP contribution >= 0.6 is 0 Å². The number of benzene rings is 1. The molecular formula is C13H18OSi. The second-order valence-corrected chi connectivity index (χ2v) is 10.2. The molecule has 0 saturated carbocycles. The summed E-state index contributed by atoms with van der Waals surface area (Å²) in [6, 6.07) is 9.90. The Morgan fingerprint density at radius 1 is 1.40 bits per heavy atom. The van der Waals surface area contributed by atoms with E-state index in [1.165, 1.54) is 11.6 Å². The van der Waals surface area contributed by atoms with Gasteiger partial charge in [-0.05, 0) is 17.0 Å². The number of fused-ring (bicyclic) bond motifs is 1. The standard InChI is InChI=1S/C13H18OSi/c1-13(8-9-14)10-15(2,3)12-7-5-4-6-11(12)13/h4-7,9H,8,10H2,1-3H3. The predicted molar refractivity (Wildman–Crippen MR) is 66.4 cm³/mol. The van der Waals surface area contributed by atoms with Crippen molar-refractivity contribution in [2.24, 2.45) is 0 Å². The minimum Gasteiger partial charge on any atom is -0.303 e. The Kier molecular flexibility index (Phi) is 2.34. The molecule has 15 heavy (non-hydrogen) atoms. The third-order valence-electron chi connectivity index (χ3n) is 3.67. The van der Waals surface area contributed by atoms with Gasteiger partial charge in [-0.25, -0.2) is 0 Å². The van der Waals surface area contributed by atoms with E-state index >= 15 is 0 Å². The van der Waals surface area contributed by atoms with Crippen LogP contribution < -0.4 is 5.19 Å². The second-order valence-electron chi connectivity index (χ2n) is 5.54. The van der Waals surface area contributed by atoms with Gasteiger partial charge in [0.2, 0.25) is 0 Å². The number of carbonyl (C=O) groups is 1. The molecule has 0 radical (unpaired) electrons. The fourth-order valence-corrected chi connectivity index (χ4v) is 7.27. The first-order valence-corrected chi connectivity index (χ1v) is 8.74. The summed E-state index contributed by atoms with van der Waals surface area (Å²) >= 11 is 0. The van der Waals surface area contributed by atoms with E-state index in [1.54, 1.807) is 5.19 Å². The average Bonchev–Trinajstić information content (AvgIpc) is 2.36. The van der Waals surface area contributed by atoms with Crippen LogP contribution in [0.2, 0.25) is 19.1 Å². The van der Waals surface area contributed by atoms with E-state index in [0.717, 1.165) is 6.29 Å². The van der Waals surface area contributed by atoms with Gasteiger partial charge in [-0.1, -0.05) is 49.5 Å². The van der Waals surface area contributed by atoms with Crippen molar-refractivity contribution in [1.29, 1.82) is 0 Å². The van der Waals surface area contributed by atoms with Crippen molar-refractivity contribution < 1.29 is 4.79 Å². The molecule has 80 valence electrons. The molecule has 0 N–H and O–H groups in total. The quantitative estimate of drug-likeness (QED) is 0.550. The number of carbonyl (C=O) groups excluding carboxylic acids is 1. The van der Waals surface area contributed by atoms with Crippen molar-refractivity contribution in [3.05, 3.63) is 29.8 Å². The molecule has 1 nitrogen and oxygen atoms in total. The van der Waals surface area contributed by atoms with Gasteiger partial charge in [-0.15, -0.1) is 0 Å². The topological polar surface area (TPSA) is 17.1 Å². The van der Waals surface area contributed by atoms with Gasteiger partial charge in [0.05, 0.1) is 8.07 Å². The molecule has 2 heteroatoms. The van der Waals surface area contributed by atoms with E-state index < -0.39 is 8.07 Å². The molecule has 1 atom stereocenters. The van der Waals surface area contributed by atoms with Crippen LogP contribution in [0.4, 0.5) is 0 Å². The van der Waals surface area contributed by atoms with E-state index in [2.05, 4.69) is 44.3 Å². The van der Waals surface area contributed by atoms with Gasteiger partial charge >= 0.3 is 0 Å². The fourth-order valence-electron chi connectivity index (χ4n) is 3.13. The number of rotatable bonds is 2. The molecule has 1 aliphatic heterocycles. The zero-order chi connectivity index (χ0) is 11.1. The van der Waals surface area contributed by atoms with Crippen molar-refractivity contribution >= 4 is 19.5 Å². The molecule has 1 unspecified atom stereocenters. The SMILES string of the molecule is CC1(CC=O)C[Si](C)(C)c2ccccc21. The lowest BCUT2D eigenvalue weighted by Gasteiger charge is -2.24. The normalized spacial score (nSPS) is 27.4. The highest BCUT2D eigenvalue weighted by molar-refractivity contribution is 6.91. The van der Waals surface area contributed by atoms with Crippen molar-refractivity contribution in [3.63, 3.8) is 0 Å². The van der Waals surface area contributed by atoms with E-state index in [-0.39, 0.29) is 5.41 Å². The monoisotopic (exact) mass is 218 g/mol. The molecule has 0 aliphatic carbocycles. The lowest BCUT2D eigenvalue weighted by Crippen LogP contribution is -2.37. The average molecular weight is 218 g/mol. The Morgan fingerprint density at radius 2 is 2.07 bits per heavy atom. The van der Waals surface area contributed by atoms with Crippen LogP contribution in [0.5, 0.6) is 0 Å². The van der Waals surface area contributed by atoms with E-state index in [0.29, 0.717) is 6.42 Å². The lowest BCUT2D eigenvalue weighted by molar-refractivity contribution is -0.108. The molecular weight excluding hydrogens is 200 g/mol. The first-order chi connectivity index (χ1) is 6.99. The first-order valence-electron chi connectivity index (χ1n) is 5.53. The maximum absolute atomic E-state index is 10.8. The summed E-state index contributed by atoms with van der Waals surface area (Å²) in [6.07, 6.45) is 1.74. The summed E-state index contributed by atoms with van der Waals surface area (Å²) in [5.41, 5.74) is 1.53. The lowest BCUT2D eigenvalue weighted by atomic mass is 9.82. The molecule has 0 saturated heterocycles. The summed E-state index contributed by atoms with van der Waals surface area (Å²) in [4.78, 5) is 10.8. The highest BCUT2D eigenvalue weighted by atomic mass is 28.3. The van der Waals surface area contributed by atoms with Crippen LogP contribution in [0.3, 0.4) is 0 Å². The third kappa shape index (κ3) is 1.57. The van der Waals surface area contributed by atoms with Gasteiger partial charge in [-0.3, -0.25) is 0 Å². The van der Waals surface area contributed by atoms with Crippen LogP contribution in [0, 0.1) is 0 Å². The fraction of sp³-hybridized carbons (Fsp3) is 0.462. The molecule has 1 aromatic rings. The summed E-state index contributed by atoms with van der Waals surface area (Å²) in [6.45, 7) is 7.05. The molecule has 1 heterocycles. The Bertz CT molecular complexity index is 397. The van der Waals surface area contributed by atoms with Crippen molar-refractivity contribution in [2.75, 3.05) is 0 Å². The van der Waals surface area contributed by atoms with Crippen LogP contribution in [0.1, 0.15) is 18.9 Å². The molecule has 1 aromatic carbocycles. The van der Waals surface area contributed by atoms with Crippen LogP contribution in [0.15, 0.2) is 24.3 Å². The molecule has 2 rings (SSSR count). The first kappa shape index (κ1) is 10.6. The maximum Gasteiger partial charge on any atom is 0.120 e. The van der Waals surface area contributed by atoms with Gasteiger partial charge in [0.15, 0.2) is 0 Å². The van der Waals surface area contributed by atoms with Crippen molar-refractivity contribution in [2.45, 2.75) is 37.9 Å². The maximum atomic E-state index is 10.8. The summed E-state index contributed by atoms with van der Waals surface area (Å²) in [5, 5.41) is 1.55. The smallest absolute Gasteiger partial charge is 0.120 e. The zero-order valence-electron chi connectivity index (χ0n) is 9.71. The van der Waals surface area contributed by atoms with Crippen LogP contribution in [0.25, 0.3) is 0 Å². The number of aldehydes is 1. The minimum absolute atomic E-state index is 0.105. The van der Waals surface area contributed by atoms with E-state index in [9.17, 15) is 4.79 Å². The number of hydrogen-bond donors (Lipinski definition) is 0. The zero-order valence-corrected chi connectivity index (χ0v) is 10.7. The van der Waals surface area contributed by atoms with Crippen LogP contribution in [-0.4, -0.2) is 14.4 Å². The Balaban J connectivity index is 2.55. The molecule has 1 aliphatic rings. The molecule has 0 aromatic heterocycles. The van der Waals surface area contributed by atoms with Gasteiger partial charge in [0.25, 0.3) is 0 Å². The van der Waals surface area contributed by atoms with Gasteiger partial charge in [-0.2, -0.15) is 0 Å². The minimum atomic E-state index is -1.29. The highest BCUT2D eigenvalue weighted by Gasteiger charge is 2.45. The van der Waals surface area contributed by atoms with Crippen LogP contribution in [-0.2, 0) is 10.2 Å². The van der Waals surface area contributed by atoms with Gasteiger partial charge in [0.1, 0.15) is 6.29 Å². The second kappa shape index (κ2) is 3.31. The summed E-state index contributed by atoms with van der Waals surface area (Å²) < 4.78 is 0. The Labute approximate surface area is 92.5 Å². The Hall–Kier alpha value is -0.893. The van der Waals surface area contributed by atoms with E-state index in [4.69, 9.17) is 0 Å². The number of hydrogen-bond acceptors (Lipinski definition) is 1. The van der Waals surface area contributed by atoms with Crippen molar-refractivity contribution in [3.8, 4) is 0 Å². The molecule has 0 bridgehead atoms. The summed E-state index contributed by atoms with van der Waals surface area (Å²) in [5.74, 6) is 0. The van der Waals surface area contributed by atoms with Crippen molar-refractivity contribution in [1.82, 2.24) is 0 Å². The molecule has 0 amide bonds. The summed E-state index contributed by atoms with van der Waals surface area (Å²) in [7, 11) is -1.29. The molecule has 0 fully saturated rings. The van der Waals surface area contributed by atoms with Gasteiger partial charge < -0.3 is 4.79 Å².